The molecule has 0 bridgehead atoms. The zero-order valence-electron chi connectivity index (χ0n) is 13.6. The number of nitrogens with zero attached hydrogens (tertiary/aromatic N) is 4. The fourth-order valence-corrected chi connectivity index (χ4v) is 2.48. The van der Waals surface area contributed by atoms with Crippen molar-refractivity contribution in [2.75, 3.05) is 7.11 Å². The SMILES string of the molecule is COc1ccc(C2(C)NC(=O)N(/N=C/c3cnn(C)c3)C2=O)cc1. The van der Waals surface area contributed by atoms with E-state index in [4.69, 9.17) is 4.74 Å². The van der Waals surface area contributed by atoms with Crippen molar-refractivity contribution in [2.45, 2.75) is 12.5 Å². The second kappa shape index (κ2) is 5.80. The highest BCUT2D eigenvalue weighted by Gasteiger charge is 2.49. The van der Waals surface area contributed by atoms with Crippen molar-refractivity contribution >= 4 is 18.2 Å². The highest BCUT2D eigenvalue weighted by molar-refractivity contribution is 6.07. The first-order valence-corrected chi connectivity index (χ1v) is 7.28. The molecule has 2 heterocycles. The molecule has 0 spiro atoms. The Bertz CT molecular complexity index is 811. The molecule has 1 fully saturated rings. The van der Waals surface area contributed by atoms with E-state index in [1.54, 1.807) is 62.4 Å². The molecular weight excluding hydrogens is 310 g/mol. The van der Waals surface area contributed by atoms with Crippen LogP contribution in [0.3, 0.4) is 0 Å². The Kier molecular flexibility index (Phi) is 3.80. The minimum atomic E-state index is -1.17. The molecule has 1 aliphatic heterocycles. The third-order valence-corrected chi connectivity index (χ3v) is 3.88. The number of amides is 3. The summed E-state index contributed by atoms with van der Waals surface area (Å²) in [5.41, 5.74) is 0.173. The summed E-state index contributed by atoms with van der Waals surface area (Å²) in [4.78, 5) is 24.9. The lowest BCUT2D eigenvalue weighted by Crippen LogP contribution is -2.40. The van der Waals surface area contributed by atoms with Crippen molar-refractivity contribution in [2.24, 2.45) is 12.1 Å². The molecular formula is C16H17N5O3. The summed E-state index contributed by atoms with van der Waals surface area (Å²) in [6, 6.07) is 6.39. The van der Waals surface area contributed by atoms with Gasteiger partial charge < -0.3 is 10.1 Å². The summed E-state index contributed by atoms with van der Waals surface area (Å²) in [6.45, 7) is 1.65. The quantitative estimate of drug-likeness (QED) is 0.676. The van der Waals surface area contributed by atoms with E-state index in [0.717, 1.165) is 5.01 Å². The van der Waals surface area contributed by atoms with Crippen molar-refractivity contribution in [3.05, 3.63) is 47.8 Å². The third-order valence-electron chi connectivity index (χ3n) is 3.88. The van der Waals surface area contributed by atoms with Gasteiger partial charge in [-0.2, -0.15) is 10.2 Å². The number of rotatable bonds is 4. The second-order valence-electron chi connectivity index (χ2n) is 5.59. The van der Waals surface area contributed by atoms with Crippen LogP contribution in [0.25, 0.3) is 0 Å². The van der Waals surface area contributed by atoms with Crippen molar-refractivity contribution < 1.29 is 14.3 Å². The first-order chi connectivity index (χ1) is 11.4. The fourth-order valence-electron chi connectivity index (χ4n) is 2.48. The largest absolute Gasteiger partial charge is 0.497 e. The molecule has 3 rings (SSSR count). The molecule has 3 amide bonds. The van der Waals surface area contributed by atoms with E-state index >= 15 is 0 Å². The average molecular weight is 327 g/mol. The monoisotopic (exact) mass is 327 g/mol. The summed E-state index contributed by atoms with van der Waals surface area (Å²) in [5, 5.41) is 11.5. The van der Waals surface area contributed by atoms with Crippen LogP contribution in [0.2, 0.25) is 0 Å². The number of carbonyl (C=O) groups is 2. The number of nitrogens with one attached hydrogen (secondary N) is 1. The maximum atomic E-state index is 12.7. The molecule has 1 aliphatic rings. The first kappa shape index (κ1) is 15.7. The van der Waals surface area contributed by atoms with Crippen LogP contribution in [0.1, 0.15) is 18.1 Å². The van der Waals surface area contributed by atoms with Gasteiger partial charge in [-0.3, -0.25) is 9.48 Å². The van der Waals surface area contributed by atoms with E-state index in [0.29, 0.717) is 16.9 Å². The number of aryl methyl sites for hydroxylation is 1. The van der Waals surface area contributed by atoms with Crippen LogP contribution < -0.4 is 10.1 Å². The molecule has 1 aromatic heterocycles. The smallest absolute Gasteiger partial charge is 0.346 e. The van der Waals surface area contributed by atoms with Gasteiger partial charge in [-0.1, -0.05) is 12.1 Å². The zero-order chi connectivity index (χ0) is 17.3. The lowest BCUT2D eigenvalue weighted by atomic mass is 9.92. The van der Waals surface area contributed by atoms with E-state index in [1.165, 1.54) is 6.21 Å². The lowest BCUT2D eigenvalue weighted by molar-refractivity contribution is -0.131. The highest BCUT2D eigenvalue weighted by Crippen LogP contribution is 2.30. The van der Waals surface area contributed by atoms with Crippen LogP contribution in [0.4, 0.5) is 4.79 Å². The van der Waals surface area contributed by atoms with Crippen molar-refractivity contribution in [1.82, 2.24) is 20.1 Å². The Morgan fingerprint density at radius 1 is 1.29 bits per heavy atom. The van der Waals surface area contributed by atoms with E-state index in [-0.39, 0.29) is 0 Å². The Labute approximate surface area is 138 Å². The molecule has 1 N–H and O–H groups in total. The van der Waals surface area contributed by atoms with Crippen LogP contribution >= 0.6 is 0 Å². The van der Waals surface area contributed by atoms with E-state index < -0.39 is 17.5 Å². The number of hydrogen-bond donors (Lipinski definition) is 1. The van der Waals surface area contributed by atoms with E-state index in [1.807, 2.05) is 0 Å². The van der Waals surface area contributed by atoms with Gasteiger partial charge in [0.25, 0.3) is 5.91 Å². The Hall–Kier alpha value is -3.16. The summed E-state index contributed by atoms with van der Waals surface area (Å²) in [6.07, 6.45) is 4.74. The number of benzene rings is 1. The van der Waals surface area contributed by atoms with Gasteiger partial charge in [0.1, 0.15) is 11.3 Å². The standard InChI is InChI=1S/C16H17N5O3/c1-16(12-4-6-13(24-3)7-5-12)14(22)21(15(23)19-16)18-9-11-8-17-20(2)10-11/h4-10H,1-3H3,(H,19,23)/b18-9+. The van der Waals surface area contributed by atoms with Gasteiger partial charge in [-0.05, 0) is 24.6 Å². The summed E-state index contributed by atoms with van der Waals surface area (Å²) >= 11 is 0. The van der Waals surface area contributed by atoms with Gasteiger partial charge in [0.2, 0.25) is 0 Å². The maximum Gasteiger partial charge on any atom is 0.346 e. The van der Waals surface area contributed by atoms with Crippen LogP contribution in [0.5, 0.6) is 5.75 Å². The molecule has 0 radical (unpaired) electrons. The Balaban J connectivity index is 1.85. The van der Waals surface area contributed by atoms with Crippen molar-refractivity contribution in [3.63, 3.8) is 0 Å². The molecule has 24 heavy (non-hydrogen) atoms. The minimum Gasteiger partial charge on any atom is -0.497 e. The van der Waals surface area contributed by atoms with Gasteiger partial charge in [-0.15, -0.1) is 5.01 Å². The number of imide groups is 1. The second-order valence-corrected chi connectivity index (χ2v) is 5.59. The number of ether oxygens (including phenoxy) is 1. The highest BCUT2D eigenvalue weighted by atomic mass is 16.5. The predicted molar refractivity (Wildman–Crippen MR) is 86.5 cm³/mol. The van der Waals surface area contributed by atoms with Crippen molar-refractivity contribution in [1.29, 1.82) is 0 Å². The lowest BCUT2D eigenvalue weighted by Gasteiger charge is -2.21. The number of urea groups is 1. The van der Waals surface area contributed by atoms with Gasteiger partial charge >= 0.3 is 6.03 Å². The minimum absolute atomic E-state index is 0.446. The van der Waals surface area contributed by atoms with Crippen LogP contribution in [0.15, 0.2) is 41.8 Å². The van der Waals surface area contributed by atoms with E-state index in [2.05, 4.69) is 15.5 Å². The normalized spacial score (nSPS) is 20.7. The van der Waals surface area contributed by atoms with Gasteiger partial charge in [0, 0.05) is 18.8 Å². The van der Waals surface area contributed by atoms with Gasteiger partial charge in [0.15, 0.2) is 0 Å². The molecule has 124 valence electrons. The number of hydrogen-bond acceptors (Lipinski definition) is 5. The van der Waals surface area contributed by atoms with E-state index in [9.17, 15) is 9.59 Å². The molecule has 0 saturated carbocycles. The summed E-state index contributed by atoms with van der Waals surface area (Å²) in [7, 11) is 3.33. The number of methoxy groups -OCH3 is 1. The molecule has 1 atom stereocenters. The molecule has 1 saturated heterocycles. The molecule has 8 nitrogen and oxygen atoms in total. The molecule has 8 heteroatoms. The van der Waals surface area contributed by atoms with Crippen LogP contribution in [-0.2, 0) is 17.4 Å². The number of aromatic nitrogens is 2. The van der Waals surface area contributed by atoms with Crippen molar-refractivity contribution in [3.8, 4) is 5.75 Å². The van der Waals surface area contributed by atoms with Gasteiger partial charge in [-0.25, -0.2) is 4.79 Å². The summed E-state index contributed by atoms with van der Waals surface area (Å²) < 4.78 is 6.72. The number of hydrazone groups is 1. The number of carbonyl (C=O) groups excluding carboxylic acids is 2. The average Bonchev–Trinajstić information content (AvgIpc) is 3.08. The van der Waals surface area contributed by atoms with Gasteiger partial charge in [0.05, 0.1) is 19.5 Å². The van der Waals surface area contributed by atoms with Crippen LogP contribution in [0, 0.1) is 0 Å². The third kappa shape index (κ3) is 2.62. The van der Waals surface area contributed by atoms with Crippen LogP contribution in [-0.4, -0.2) is 40.1 Å². The predicted octanol–water partition coefficient (Wildman–Crippen LogP) is 1.23. The zero-order valence-corrected chi connectivity index (χ0v) is 13.6. The fraction of sp³-hybridized carbons (Fsp3) is 0.250. The topological polar surface area (TPSA) is 88.8 Å². The molecule has 1 unspecified atom stereocenters. The first-order valence-electron chi connectivity index (χ1n) is 7.28. The summed E-state index contributed by atoms with van der Waals surface area (Å²) in [5.74, 6) is 0.225. The molecule has 2 aromatic rings. The Morgan fingerprint density at radius 3 is 2.58 bits per heavy atom. The molecule has 1 aromatic carbocycles. The maximum absolute atomic E-state index is 12.7. The molecule has 0 aliphatic carbocycles. The Morgan fingerprint density at radius 2 is 2.00 bits per heavy atom.